The number of hydrogen-bond acceptors (Lipinski definition) is 2. The van der Waals surface area contributed by atoms with E-state index in [1.165, 1.54) is 122 Å². The van der Waals surface area contributed by atoms with Gasteiger partial charge in [0.1, 0.15) is 0 Å². The summed E-state index contributed by atoms with van der Waals surface area (Å²) in [4.78, 5) is 0. The molecule has 2 heteroatoms. The van der Waals surface area contributed by atoms with Crippen molar-refractivity contribution in [2.24, 2.45) is 5.73 Å². The van der Waals surface area contributed by atoms with E-state index < -0.39 is 0 Å². The molecule has 1 unspecified atom stereocenters. The molecule has 0 saturated carbocycles. The first kappa shape index (κ1) is 27.9. The Hall–Kier alpha value is -0.0800. The molecular weight excluding hydrogens is 342 g/mol. The highest BCUT2D eigenvalue weighted by atomic mass is 16.5. The molecule has 0 aliphatic heterocycles. The molecule has 28 heavy (non-hydrogen) atoms. The third-order valence-electron chi connectivity index (χ3n) is 5.96. The smallest absolute Gasteiger partial charge is 0.0575 e. The Bertz CT molecular complexity index is 269. The zero-order valence-electron chi connectivity index (χ0n) is 19.8. The summed E-state index contributed by atoms with van der Waals surface area (Å²) >= 11 is 0. The van der Waals surface area contributed by atoms with Crippen LogP contribution in [0.2, 0.25) is 0 Å². The molecule has 2 nitrogen and oxygen atoms in total. The van der Waals surface area contributed by atoms with Crippen molar-refractivity contribution in [3.05, 3.63) is 0 Å². The molecule has 0 spiro atoms. The van der Waals surface area contributed by atoms with E-state index in [-0.39, 0.29) is 0 Å². The molecule has 0 aliphatic carbocycles. The van der Waals surface area contributed by atoms with Crippen LogP contribution in [0.1, 0.15) is 149 Å². The molecule has 0 heterocycles. The van der Waals surface area contributed by atoms with Crippen molar-refractivity contribution < 1.29 is 4.74 Å². The van der Waals surface area contributed by atoms with E-state index in [1.807, 2.05) is 0 Å². The van der Waals surface area contributed by atoms with Gasteiger partial charge in [-0.05, 0) is 32.2 Å². The summed E-state index contributed by atoms with van der Waals surface area (Å²) < 4.78 is 6.22. The Morgan fingerprint density at radius 3 is 1.36 bits per heavy atom. The van der Waals surface area contributed by atoms with Crippen LogP contribution >= 0.6 is 0 Å². The van der Waals surface area contributed by atoms with E-state index in [9.17, 15) is 0 Å². The Labute approximate surface area is 178 Å². The van der Waals surface area contributed by atoms with Crippen molar-refractivity contribution in [1.82, 2.24) is 0 Å². The van der Waals surface area contributed by atoms with Crippen LogP contribution in [-0.2, 0) is 4.74 Å². The monoisotopic (exact) mass is 397 g/mol. The second-order valence-electron chi connectivity index (χ2n) is 8.87. The predicted octanol–water partition coefficient (Wildman–Crippen LogP) is 8.56. The van der Waals surface area contributed by atoms with Gasteiger partial charge in [0.15, 0.2) is 0 Å². The summed E-state index contributed by atoms with van der Waals surface area (Å²) in [5, 5.41) is 0. The highest BCUT2D eigenvalue weighted by Gasteiger charge is 2.08. The van der Waals surface area contributed by atoms with Crippen molar-refractivity contribution in [3.63, 3.8) is 0 Å². The zero-order valence-corrected chi connectivity index (χ0v) is 19.8. The van der Waals surface area contributed by atoms with E-state index >= 15 is 0 Å². The van der Waals surface area contributed by atoms with Crippen molar-refractivity contribution in [2.45, 2.75) is 155 Å². The molecule has 0 aromatic carbocycles. The van der Waals surface area contributed by atoms with Gasteiger partial charge in [-0.3, -0.25) is 0 Å². The number of hydrogen-bond donors (Lipinski definition) is 1. The number of unbranched alkanes of at least 4 members (excludes halogenated alkanes) is 16. The SMILES string of the molecule is CCCCCCCCCCCCCOC(CCCN)CCCCCCCCC. The first-order chi connectivity index (χ1) is 13.8. The molecule has 0 aromatic heterocycles. The summed E-state index contributed by atoms with van der Waals surface area (Å²) in [5.74, 6) is 0. The van der Waals surface area contributed by atoms with Gasteiger partial charge in [-0.1, -0.05) is 123 Å². The first-order valence-electron chi connectivity index (χ1n) is 13.2. The van der Waals surface area contributed by atoms with Gasteiger partial charge in [-0.25, -0.2) is 0 Å². The molecule has 0 saturated heterocycles. The largest absolute Gasteiger partial charge is 0.378 e. The Kier molecular flexibility index (Phi) is 24.9. The lowest BCUT2D eigenvalue weighted by molar-refractivity contribution is 0.0365. The first-order valence-corrected chi connectivity index (χ1v) is 13.2. The van der Waals surface area contributed by atoms with Crippen molar-refractivity contribution in [2.75, 3.05) is 13.2 Å². The molecule has 0 aromatic rings. The van der Waals surface area contributed by atoms with Crippen LogP contribution in [0.15, 0.2) is 0 Å². The molecule has 0 aliphatic rings. The van der Waals surface area contributed by atoms with Crippen LogP contribution in [0, 0.1) is 0 Å². The van der Waals surface area contributed by atoms with Crippen LogP contribution in [0.5, 0.6) is 0 Å². The normalized spacial score (nSPS) is 12.5. The van der Waals surface area contributed by atoms with Gasteiger partial charge in [0.2, 0.25) is 0 Å². The van der Waals surface area contributed by atoms with E-state index in [1.54, 1.807) is 0 Å². The minimum atomic E-state index is 0.460. The van der Waals surface area contributed by atoms with Gasteiger partial charge in [0.25, 0.3) is 0 Å². The van der Waals surface area contributed by atoms with Crippen LogP contribution in [-0.4, -0.2) is 19.3 Å². The molecule has 1 atom stereocenters. The van der Waals surface area contributed by atoms with Crippen LogP contribution in [0.4, 0.5) is 0 Å². The molecule has 2 N–H and O–H groups in total. The zero-order chi connectivity index (χ0) is 20.5. The van der Waals surface area contributed by atoms with Gasteiger partial charge in [-0.15, -0.1) is 0 Å². The van der Waals surface area contributed by atoms with E-state index in [0.717, 1.165) is 26.0 Å². The standard InChI is InChI=1S/C26H55NO/c1-3-5-7-9-11-12-13-14-16-18-20-25-28-26(23-21-24-27)22-19-17-15-10-8-6-4-2/h26H,3-25,27H2,1-2H3. The van der Waals surface area contributed by atoms with Crippen LogP contribution < -0.4 is 5.73 Å². The Morgan fingerprint density at radius 1 is 0.500 bits per heavy atom. The third-order valence-corrected chi connectivity index (χ3v) is 5.96. The van der Waals surface area contributed by atoms with Gasteiger partial charge < -0.3 is 10.5 Å². The predicted molar refractivity (Wildman–Crippen MR) is 127 cm³/mol. The molecule has 0 rings (SSSR count). The lowest BCUT2D eigenvalue weighted by Crippen LogP contribution is -2.16. The average molecular weight is 398 g/mol. The molecular formula is C26H55NO. The average Bonchev–Trinajstić information content (AvgIpc) is 2.71. The lowest BCUT2D eigenvalue weighted by atomic mass is 10.0. The summed E-state index contributed by atoms with van der Waals surface area (Å²) in [6.45, 7) is 6.34. The van der Waals surface area contributed by atoms with E-state index in [2.05, 4.69) is 13.8 Å². The second kappa shape index (κ2) is 25.0. The van der Waals surface area contributed by atoms with Gasteiger partial charge in [0.05, 0.1) is 6.10 Å². The number of ether oxygens (including phenoxy) is 1. The summed E-state index contributed by atoms with van der Waals surface area (Å²) in [5.41, 5.74) is 5.71. The van der Waals surface area contributed by atoms with Crippen molar-refractivity contribution in [3.8, 4) is 0 Å². The maximum atomic E-state index is 6.22. The van der Waals surface area contributed by atoms with Crippen molar-refractivity contribution >= 4 is 0 Å². The number of nitrogens with two attached hydrogens (primary N) is 1. The van der Waals surface area contributed by atoms with Gasteiger partial charge >= 0.3 is 0 Å². The lowest BCUT2D eigenvalue weighted by Gasteiger charge is -2.18. The summed E-state index contributed by atoms with van der Waals surface area (Å²) in [6.07, 6.45) is 29.1. The maximum absolute atomic E-state index is 6.22. The molecule has 0 radical (unpaired) electrons. The Balaban J connectivity index is 3.49. The topological polar surface area (TPSA) is 35.2 Å². The van der Waals surface area contributed by atoms with Crippen LogP contribution in [0.3, 0.4) is 0 Å². The fraction of sp³-hybridized carbons (Fsp3) is 1.00. The molecule has 0 fully saturated rings. The maximum Gasteiger partial charge on any atom is 0.0575 e. The van der Waals surface area contributed by atoms with E-state index in [0.29, 0.717) is 6.10 Å². The van der Waals surface area contributed by atoms with Crippen LogP contribution in [0.25, 0.3) is 0 Å². The van der Waals surface area contributed by atoms with Gasteiger partial charge in [-0.2, -0.15) is 0 Å². The fourth-order valence-corrected chi connectivity index (χ4v) is 4.00. The quantitative estimate of drug-likeness (QED) is 0.165. The fourth-order valence-electron chi connectivity index (χ4n) is 4.00. The highest BCUT2D eigenvalue weighted by molar-refractivity contribution is 4.60. The second-order valence-corrected chi connectivity index (χ2v) is 8.87. The minimum Gasteiger partial charge on any atom is -0.378 e. The third kappa shape index (κ3) is 22.2. The van der Waals surface area contributed by atoms with Gasteiger partial charge in [0, 0.05) is 6.61 Å². The van der Waals surface area contributed by atoms with Crippen molar-refractivity contribution in [1.29, 1.82) is 0 Å². The molecule has 0 bridgehead atoms. The number of rotatable bonds is 24. The summed E-state index contributed by atoms with van der Waals surface area (Å²) in [6, 6.07) is 0. The summed E-state index contributed by atoms with van der Waals surface area (Å²) in [7, 11) is 0. The van der Waals surface area contributed by atoms with E-state index in [4.69, 9.17) is 10.5 Å². The minimum absolute atomic E-state index is 0.460. The molecule has 0 amide bonds. The highest BCUT2D eigenvalue weighted by Crippen LogP contribution is 2.16. The molecule has 170 valence electrons. The Morgan fingerprint density at radius 2 is 0.893 bits per heavy atom.